The number of amides is 1. The van der Waals surface area contributed by atoms with E-state index in [4.69, 9.17) is 0 Å². The number of carbonyl (C=O) groups is 1. The molecule has 2 nitrogen and oxygen atoms in total. The Hall–Kier alpha value is -1.38. The lowest BCUT2D eigenvalue weighted by molar-refractivity contribution is -0.121. The molecule has 2 rings (SSSR count). The maximum absolute atomic E-state index is 12.7. The topological polar surface area (TPSA) is 29.1 Å². The van der Waals surface area contributed by atoms with E-state index in [1.165, 1.54) is 25.0 Å². The van der Waals surface area contributed by atoms with Gasteiger partial charge in [0.15, 0.2) is 0 Å². The first kappa shape index (κ1) is 14.0. The van der Waals surface area contributed by atoms with E-state index >= 15 is 0 Å². The Balaban J connectivity index is 1.72. The molecule has 0 heterocycles. The molecule has 19 heavy (non-hydrogen) atoms. The van der Waals surface area contributed by atoms with E-state index in [1.807, 2.05) is 0 Å². The molecule has 1 aromatic carbocycles. The smallest absolute Gasteiger partial charge is 0.220 e. The van der Waals surface area contributed by atoms with Crippen LogP contribution in [0.1, 0.15) is 38.7 Å². The summed E-state index contributed by atoms with van der Waals surface area (Å²) >= 11 is 0. The zero-order chi connectivity index (χ0) is 13.9. The maximum Gasteiger partial charge on any atom is 0.220 e. The fraction of sp³-hybridized carbons (Fsp3) is 0.562. The Labute approximate surface area is 114 Å². The van der Waals surface area contributed by atoms with Crippen LogP contribution in [0.15, 0.2) is 24.3 Å². The van der Waals surface area contributed by atoms with Crippen molar-refractivity contribution in [3.63, 3.8) is 0 Å². The summed E-state index contributed by atoms with van der Waals surface area (Å²) in [6.45, 7) is 5.24. The number of carbonyl (C=O) groups excluding carboxylic acids is 1. The Kier molecular flexibility index (Phi) is 4.23. The number of hydrogen-bond acceptors (Lipinski definition) is 1. The van der Waals surface area contributed by atoms with Crippen LogP contribution in [0, 0.1) is 17.2 Å². The summed E-state index contributed by atoms with van der Waals surface area (Å²) in [6.07, 6.45) is 3.59. The summed E-state index contributed by atoms with van der Waals surface area (Å²) in [5, 5.41) is 3.04. The lowest BCUT2D eigenvalue weighted by atomic mass is 9.92. The SMILES string of the molecule is CC(C)C1(CNC(=O)CCc2ccc(F)cc2)CC1. The van der Waals surface area contributed by atoms with Crippen molar-refractivity contribution >= 4 is 5.91 Å². The van der Waals surface area contributed by atoms with Crippen molar-refractivity contribution in [2.75, 3.05) is 6.54 Å². The molecule has 0 spiro atoms. The number of aryl methyl sites for hydroxylation is 1. The summed E-state index contributed by atoms with van der Waals surface area (Å²) < 4.78 is 12.7. The monoisotopic (exact) mass is 263 g/mol. The molecule has 1 saturated carbocycles. The molecule has 1 amide bonds. The summed E-state index contributed by atoms with van der Waals surface area (Å²) in [6, 6.07) is 6.34. The molecule has 1 aromatic rings. The van der Waals surface area contributed by atoms with Crippen LogP contribution in [-0.2, 0) is 11.2 Å². The van der Waals surface area contributed by atoms with Crippen molar-refractivity contribution in [1.29, 1.82) is 0 Å². The van der Waals surface area contributed by atoms with E-state index in [9.17, 15) is 9.18 Å². The first-order valence-corrected chi connectivity index (χ1v) is 7.03. The quantitative estimate of drug-likeness (QED) is 0.838. The highest BCUT2D eigenvalue weighted by molar-refractivity contribution is 5.76. The van der Waals surface area contributed by atoms with Gasteiger partial charge in [-0.1, -0.05) is 26.0 Å². The summed E-state index contributed by atoms with van der Waals surface area (Å²) in [5.41, 5.74) is 1.35. The van der Waals surface area contributed by atoms with Crippen molar-refractivity contribution in [3.05, 3.63) is 35.6 Å². The highest BCUT2D eigenvalue weighted by atomic mass is 19.1. The minimum atomic E-state index is -0.235. The zero-order valence-corrected chi connectivity index (χ0v) is 11.7. The number of rotatable bonds is 6. The predicted octanol–water partition coefficient (Wildman–Crippen LogP) is 3.31. The fourth-order valence-electron chi connectivity index (χ4n) is 2.39. The first-order valence-electron chi connectivity index (χ1n) is 7.03. The molecule has 104 valence electrons. The van der Waals surface area contributed by atoms with Crippen LogP contribution in [0.5, 0.6) is 0 Å². The number of hydrogen-bond donors (Lipinski definition) is 1. The molecule has 0 aromatic heterocycles. The van der Waals surface area contributed by atoms with Crippen molar-refractivity contribution in [1.82, 2.24) is 5.32 Å². The minimum Gasteiger partial charge on any atom is -0.356 e. The summed E-state index contributed by atoms with van der Waals surface area (Å²) in [5.74, 6) is 0.488. The van der Waals surface area contributed by atoms with E-state index < -0.39 is 0 Å². The third-order valence-electron chi connectivity index (χ3n) is 4.31. The molecule has 0 unspecified atom stereocenters. The Bertz CT molecular complexity index is 435. The van der Waals surface area contributed by atoms with Gasteiger partial charge in [-0.2, -0.15) is 0 Å². The van der Waals surface area contributed by atoms with Crippen LogP contribution >= 0.6 is 0 Å². The maximum atomic E-state index is 12.7. The predicted molar refractivity (Wildman–Crippen MR) is 74.2 cm³/mol. The first-order chi connectivity index (χ1) is 9.02. The van der Waals surface area contributed by atoms with Gasteiger partial charge in [0.2, 0.25) is 5.91 Å². The average molecular weight is 263 g/mol. The van der Waals surface area contributed by atoms with Crippen LogP contribution in [0.2, 0.25) is 0 Å². The zero-order valence-electron chi connectivity index (χ0n) is 11.7. The number of benzene rings is 1. The Morgan fingerprint density at radius 3 is 2.47 bits per heavy atom. The molecule has 1 N–H and O–H groups in total. The van der Waals surface area contributed by atoms with E-state index in [2.05, 4.69) is 19.2 Å². The number of halogens is 1. The van der Waals surface area contributed by atoms with Crippen LogP contribution in [0.4, 0.5) is 4.39 Å². The second kappa shape index (κ2) is 5.72. The number of nitrogens with one attached hydrogen (secondary N) is 1. The van der Waals surface area contributed by atoms with Gasteiger partial charge in [0.25, 0.3) is 0 Å². The van der Waals surface area contributed by atoms with E-state index in [0.29, 0.717) is 24.2 Å². The molecule has 1 aliphatic carbocycles. The van der Waals surface area contributed by atoms with E-state index in [0.717, 1.165) is 12.1 Å². The van der Waals surface area contributed by atoms with Gasteiger partial charge < -0.3 is 5.32 Å². The largest absolute Gasteiger partial charge is 0.356 e. The molecule has 0 radical (unpaired) electrons. The third kappa shape index (κ3) is 3.79. The van der Waals surface area contributed by atoms with Crippen LogP contribution < -0.4 is 5.32 Å². The second-order valence-electron chi connectivity index (χ2n) is 5.92. The van der Waals surface area contributed by atoms with Gasteiger partial charge in [-0.15, -0.1) is 0 Å². The Morgan fingerprint density at radius 2 is 1.95 bits per heavy atom. The highest BCUT2D eigenvalue weighted by Gasteiger charge is 2.45. The summed E-state index contributed by atoms with van der Waals surface area (Å²) in [4.78, 5) is 11.8. The van der Waals surface area contributed by atoms with Gasteiger partial charge in [0.1, 0.15) is 5.82 Å². The average Bonchev–Trinajstić information content (AvgIpc) is 3.17. The standard InChI is InChI=1S/C16H22FNO/c1-12(2)16(9-10-16)11-18-15(19)8-5-13-3-6-14(17)7-4-13/h3-4,6-7,12H,5,8-11H2,1-2H3,(H,18,19). The molecule has 0 bridgehead atoms. The van der Waals surface area contributed by atoms with Crippen LogP contribution in [0.3, 0.4) is 0 Å². The van der Waals surface area contributed by atoms with Gasteiger partial charge in [-0.05, 0) is 48.3 Å². The minimum absolute atomic E-state index is 0.0938. The van der Waals surface area contributed by atoms with Crippen molar-refractivity contribution in [2.45, 2.75) is 39.5 Å². The normalized spacial score (nSPS) is 16.4. The van der Waals surface area contributed by atoms with Gasteiger partial charge in [-0.25, -0.2) is 4.39 Å². The van der Waals surface area contributed by atoms with Crippen molar-refractivity contribution in [3.8, 4) is 0 Å². The lowest BCUT2D eigenvalue weighted by Gasteiger charge is -2.19. The fourth-order valence-corrected chi connectivity index (χ4v) is 2.39. The molecular weight excluding hydrogens is 241 g/mol. The van der Waals surface area contributed by atoms with Gasteiger partial charge in [0.05, 0.1) is 0 Å². The van der Waals surface area contributed by atoms with E-state index in [1.54, 1.807) is 12.1 Å². The Morgan fingerprint density at radius 1 is 1.32 bits per heavy atom. The molecular formula is C16H22FNO. The van der Waals surface area contributed by atoms with Crippen LogP contribution in [-0.4, -0.2) is 12.5 Å². The molecule has 0 aliphatic heterocycles. The molecule has 1 fully saturated rings. The van der Waals surface area contributed by atoms with Crippen molar-refractivity contribution < 1.29 is 9.18 Å². The molecule has 0 atom stereocenters. The summed E-state index contributed by atoms with van der Waals surface area (Å²) in [7, 11) is 0. The lowest BCUT2D eigenvalue weighted by Crippen LogP contribution is -2.32. The van der Waals surface area contributed by atoms with Gasteiger partial charge in [0, 0.05) is 13.0 Å². The van der Waals surface area contributed by atoms with E-state index in [-0.39, 0.29) is 11.7 Å². The molecule has 3 heteroatoms. The molecule has 0 saturated heterocycles. The molecule has 1 aliphatic rings. The van der Waals surface area contributed by atoms with Crippen molar-refractivity contribution in [2.24, 2.45) is 11.3 Å². The van der Waals surface area contributed by atoms with Crippen LogP contribution in [0.25, 0.3) is 0 Å². The third-order valence-corrected chi connectivity index (χ3v) is 4.31. The van der Waals surface area contributed by atoms with Gasteiger partial charge in [-0.3, -0.25) is 4.79 Å². The highest BCUT2D eigenvalue weighted by Crippen LogP contribution is 2.51. The second-order valence-corrected chi connectivity index (χ2v) is 5.92. The van der Waals surface area contributed by atoms with Gasteiger partial charge >= 0.3 is 0 Å².